The molecule has 1 N–H and O–H groups in total. The predicted molar refractivity (Wildman–Crippen MR) is 98.0 cm³/mol. The van der Waals surface area contributed by atoms with Gasteiger partial charge in [0.1, 0.15) is 11.6 Å². The average Bonchev–Trinajstić information content (AvgIpc) is 3.17. The Morgan fingerprint density at radius 1 is 1.38 bits per heavy atom. The second-order valence-corrected chi connectivity index (χ2v) is 6.75. The Morgan fingerprint density at radius 3 is 2.96 bits per heavy atom. The molecule has 140 valence electrons. The van der Waals surface area contributed by atoms with E-state index in [-0.39, 0.29) is 5.82 Å². The van der Waals surface area contributed by atoms with Gasteiger partial charge in [0.15, 0.2) is 5.96 Å². The number of halogens is 2. The minimum atomic E-state index is -0.418. The van der Waals surface area contributed by atoms with Crippen molar-refractivity contribution in [3.8, 4) is 0 Å². The van der Waals surface area contributed by atoms with E-state index in [1.54, 1.807) is 13.2 Å². The Morgan fingerprint density at radius 2 is 2.23 bits per heavy atom. The maximum Gasteiger partial charge on any atom is 0.193 e. The number of guanidine groups is 1. The number of imidazole rings is 1. The third kappa shape index (κ3) is 4.20. The number of rotatable bonds is 4. The van der Waals surface area contributed by atoms with Gasteiger partial charge in [-0.3, -0.25) is 4.99 Å². The molecule has 1 aromatic carbocycles. The molecule has 0 radical (unpaired) electrons. The second kappa shape index (κ2) is 8.29. The lowest BCUT2D eigenvalue weighted by molar-refractivity contribution is 0.189. The summed E-state index contributed by atoms with van der Waals surface area (Å²) in [6, 6.07) is 3.89. The molecule has 5 nitrogen and oxygen atoms in total. The highest BCUT2D eigenvalue weighted by Crippen LogP contribution is 2.27. The summed E-state index contributed by atoms with van der Waals surface area (Å²) in [5.41, 5.74) is 0.372. The average molecular weight is 361 g/mol. The number of nitrogens with zero attached hydrogens (tertiary/aromatic N) is 4. The predicted octanol–water partition coefficient (Wildman–Crippen LogP) is 2.86. The van der Waals surface area contributed by atoms with Crippen LogP contribution in [-0.2, 0) is 6.42 Å². The van der Waals surface area contributed by atoms with Crippen molar-refractivity contribution in [3.05, 3.63) is 54.1 Å². The standard InChI is InChI=1S/C19H25F2N5/c1-14-6-9-25(12-18(14)26-10-8-23-13-26)19(22-2)24-7-5-15-11-16(20)3-4-17(15)21/h3-4,8,10-11,13-14,18H,5-7,9,12H2,1-2H3,(H,22,24). The molecule has 0 amide bonds. The van der Waals surface area contributed by atoms with Gasteiger partial charge >= 0.3 is 0 Å². The molecular weight excluding hydrogens is 336 g/mol. The molecule has 2 atom stereocenters. The Labute approximate surface area is 152 Å². The molecule has 1 fully saturated rings. The van der Waals surface area contributed by atoms with E-state index in [1.165, 1.54) is 12.1 Å². The van der Waals surface area contributed by atoms with Gasteiger partial charge in [-0.1, -0.05) is 6.92 Å². The first kappa shape index (κ1) is 18.4. The van der Waals surface area contributed by atoms with Crippen LogP contribution in [0.25, 0.3) is 0 Å². The number of hydrogen-bond donors (Lipinski definition) is 1. The summed E-state index contributed by atoms with van der Waals surface area (Å²) in [6.45, 7) is 4.51. The topological polar surface area (TPSA) is 45.5 Å². The zero-order valence-electron chi connectivity index (χ0n) is 15.2. The molecule has 1 aromatic heterocycles. The van der Waals surface area contributed by atoms with Crippen molar-refractivity contribution in [2.24, 2.45) is 10.9 Å². The van der Waals surface area contributed by atoms with Crippen LogP contribution in [0, 0.1) is 17.6 Å². The van der Waals surface area contributed by atoms with E-state index in [0.29, 0.717) is 30.5 Å². The largest absolute Gasteiger partial charge is 0.356 e. The van der Waals surface area contributed by atoms with E-state index < -0.39 is 5.82 Å². The number of benzene rings is 1. The molecule has 1 saturated heterocycles. The monoisotopic (exact) mass is 361 g/mol. The van der Waals surface area contributed by atoms with Gasteiger partial charge in [0, 0.05) is 39.1 Å². The van der Waals surface area contributed by atoms with Crippen LogP contribution in [0.5, 0.6) is 0 Å². The molecule has 1 aliphatic rings. The fraction of sp³-hybridized carbons (Fsp3) is 0.474. The Balaban J connectivity index is 1.59. The van der Waals surface area contributed by atoms with Crippen molar-refractivity contribution >= 4 is 5.96 Å². The van der Waals surface area contributed by atoms with Crippen LogP contribution >= 0.6 is 0 Å². The number of nitrogens with one attached hydrogen (secondary N) is 1. The van der Waals surface area contributed by atoms with Gasteiger partial charge < -0.3 is 14.8 Å². The summed E-state index contributed by atoms with van der Waals surface area (Å²) >= 11 is 0. The second-order valence-electron chi connectivity index (χ2n) is 6.75. The SMILES string of the molecule is CN=C(NCCc1cc(F)ccc1F)N1CCC(C)C(n2ccnc2)C1. The number of aliphatic imine (C=N–C) groups is 1. The lowest BCUT2D eigenvalue weighted by Crippen LogP contribution is -2.49. The van der Waals surface area contributed by atoms with Crippen molar-refractivity contribution in [2.75, 3.05) is 26.7 Å². The Hall–Kier alpha value is -2.44. The van der Waals surface area contributed by atoms with Gasteiger partial charge in [-0.25, -0.2) is 13.8 Å². The van der Waals surface area contributed by atoms with Crippen molar-refractivity contribution in [2.45, 2.75) is 25.8 Å². The summed E-state index contributed by atoms with van der Waals surface area (Å²) in [6.07, 6.45) is 7.10. The number of likely N-dealkylation sites (tertiary alicyclic amines) is 1. The summed E-state index contributed by atoms with van der Waals surface area (Å²) in [5, 5.41) is 3.28. The van der Waals surface area contributed by atoms with Crippen molar-refractivity contribution in [1.82, 2.24) is 19.8 Å². The van der Waals surface area contributed by atoms with Crippen LogP contribution in [-0.4, -0.2) is 47.1 Å². The third-order valence-electron chi connectivity index (χ3n) is 5.02. The lowest BCUT2D eigenvalue weighted by atomic mass is 9.93. The number of hydrogen-bond acceptors (Lipinski definition) is 2. The molecule has 3 rings (SSSR count). The van der Waals surface area contributed by atoms with Crippen LogP contribution in [0.1, 0.15) is 24.9 Å². The van der Waals surface area contributed by atoms with Crippen molar-refractivity contribution in [1.29, 1.82) is 0 Å². The van der Waals surface area contributed by atoms with Crippen LogP contribution in [0.15, 0.2) is 41.9 Å². The van der Waals surface area contributed by atoms with Gasteiger partial charge in [0.25, 0.3) is 0 Å². The van der Waals surface area contributed by atoms with E-state index in [9.17, 15) is 8.78 Å². The molecule has 1 aliphatic heterocycles. The summed E-state index contributed by atoms with van der Waals surface area (Å²) < 4.78 is 29.2. The maximum atomic E-state index is 13.7. The first-order valence-electron chi connectivity index (χ1n) is 8.95. The summed E-state index contributed by atoms with van der Waals surface area (Å²) in [7, 11) is 1.75. The van der Waals surface area contributed by atoms with E-state index in [2.05, 4.69) is 31.7 Å². The van der Waals surface area contributed by atoms with E-state index in [4.69, 9.17) is 0 Å². The fourth-order valence-corrected chi connectivity index (χ4v) is 3.47. The highest BCUT2D eigenvalue weighted by Gasteiger charge is 2.28. The molecule has 0 aliphatic carbocycles. The van der Waals surface area contributed by atoms with E-state index in [0.717, 1.165) is 31.5 Å². The number of piperidine rings is 1. The molecular formula is C19H25F2N5. The fourth-order valence-electron chi connectivity index (χ4n) is 3.47. The van der Waals surface area contributed by atoms with Crippen molar-refractivity contribution in [3.63, 3.8) is 0 Å². The highest BCUT2D eigenvalue weighted by molar-refractivity contribution is 5.80. The quantitative estimate of drug-likeness (QED) is 0.673. The third-order valence-corrected chi connectivity index (χ3v) is 5.02. The van der Waals surface area contributed by atoms with Crippen LogP contribution < -0.4 is 5.32 Å². The smallest absolute Gasteiger partial charge is 0.193 e. The molecule has 7 heteroatoms. The molecule has 0 saturated carbocycles. The molecule has 26 heavy (non-hydrogen) atoms. The van der Waals surface area contributed by atoms with Crippen LogP contribution in [0.2, 0.25) is 0 Å². The van der Waals surface area contributed by atoms with E-state index >= 15 is 0 Å². The van der Waals surface area contributed by atoms with Crippen molar-refractivity contribution < 1.29 is 8.78 Å². The molecule has 0 bridgehead atoms. The zero-order valence-corrected chi connectivity index (χ0v) is 15.2. The van der Waals surface area contributed by atoms with Gasteiger partial charge in [-0.2, -0.15) is 0 Å². The molecule has 0 spiro atoms. The minimum absolute atomic E-state index is 0.338. The molecule has 2 heterocycles. The van der Waals surface area contributed by atoms with Crippen LogP contribution in [0.4, 0.5) is 8.78 Å². The van der Waals surface area contributed by atoms with Gasteiger partial charge in [0.2, 0.25) is 0 Å². The first-order valence-corrected chi connectivity index (χ1v) is 8.95. The van der Waals surface area contributed by atoms with Gasteiger partial charge in [-0.05, 0) is 42.5 Å². The first-order chi connectivity index (χ1) is 12.6. The minimum Gasteiger partial charge on any atom is -0.356 e. The Bertz CT molecular complexity index is 744. The van der Waals surface area contributed by atoms with Crippen LogP contribution in [0.3, 0.4) is 0 Å². The Kier molecular flexibility index (Phi) is 5.85. The van der Waals surface area contributed by atoms with Gasteiger partial charge in [0.05, 0.1) is 12.4 Å². The summed E-state index contributed by atoms with van der Waals surface area (Å²) in [5.74, 6) is 0.549. The zero-order chi connectivity index (χ0) is 18.5. The van der Waals surface area contributed by atoms with E-state index in [1.807, 2.05) is 12.5 Å². The maximum absolute atomic E-state index is 13.7. The normalized spacial score (nSPS) is 21.1. The lowest BCUT2D eigenvalue weighted by Gasteiger charge is -2.39. The molecule has 2 aromatic rings. The molecule has 2 unspecified atom stereocenters. The highest BCUT2D eigenvalue weighted by atomic mass is 19.1. The summed E-state index contributed by atoms with van der Waals surface area (Å²) in [4.78, 5) is 10.7. The van der Waals surface area contributed by atoms with Gasteiger partial charge in [-0.15, -0.1) is 0 Å². The number of aromatic nitrogens is 2.